The number of hydrogen-bond donors (Lipinski definition) is 3. The standard InChI is InChI=1S/C22H23ClF2N4O6S/c1-2-35-22(33)28-15(10-26-21(32)16-5-6-17(23)36-16)20(31)27-14-4-3-12(9-13(14)19(24)25)29-7-8-34-11-18(29)30/h3-6,9,15,19H,2,7-8,10-11H2,1H3,(H,26,32)(H,27,31)(H,28,33)/t15-/m1/s1. The van der Waals surface area contributed by atoms with E-state index in [0.717, 1.165) is 17.4 Å². The Bertz CT molecular complexity index is 1130. The summed E-state index contributed by atoms with van der Waals surface area (Å²) < 4.78 is 37.9. The summed E-state index contributed by atoms with van der Waals surface area (Å²) in [7, 11) is 0. The van der Waals surface area contributed by atoms with Crippen molar-refractivity contribution in [1.82, 2.24) is 10.6 Å². The molecule has 14 heteroatoms. The molecular formula is C22H23ClF2N4O6S. The van der Waals surface area contributed by atoms with Crippen LogP contribution < -0.4 is 20.9 Å². The Morgan fingerprint density at radius 2 is 2.03 bits per heavy atom. The molecule has 2 aromatic rings. The van der Waals surface area contributed by atoms with E-state index in [1.807, 2.05) is 0 Å². The number of carbonyl (C=O) groups excluding carboxylic acids is 4. The molecule has 1 atom stereocenters. The minimum atomic E-state index is -2.98. The molecule has 0 bridgehead atoms. The molecule has 4 amide bonds. The van der Waals surface area contributed by atoms with Crippen LogP contribution in [0.3, 0.4) is 0 Å². The number of nitrogens with one attached hydrogen (secondary N) is 3. The average molecular weight is 545 g/mol. The Morgan fingerprint density at radius 3 is 2.67 bits per heavy atom. The van der Waals surface area contributed by atoms with Crippen LogP contribution in [0.4, 0.5) is 25.0 Å². The topological polar surface area (TPSA) is 126 Å². The predicted molar refractivity (Wildman–Crippen MR) is 129 cm³/mol. The van der Waals surface area contributed by atoms with Gasteiger partial charge in [0.05, 0.1) is 22.4 Å². The van der Waals surface area contributed by atoms with Crippen LogP contribution >= 0.6 is 22.9 Å². The van der Waals surface area contributed by atoms with E-state index in [1.54, 1.807) is 6.92 Å². The van der Waals surface area contributed by atoms with Gasteiger partial charge >= 0.3 is 6.09 Å². The number of anilines is 2. The van der Waals surface area contributed by atoms with Gasteiger partial charge in [-0.15, -0.1) is 11.3 Å². The van der Waals surface area contributed by atoms with E-state index in [2.05, 4.69) is 16.0 Å². The first kappa shape index (κ1) is 27.3. The van der Waals surface area contributed by atoms with Crippen LogP contribution in [0.5, 0.6) is 0 Å². The number of alkyl halides is 2. The van der Waals surface area contributed by atoms with Crippen molar-refractivity contribution in [2.24, 2.45) is 0 Å². The van der Waals surface area contributed by atoms with Gasteiger partial charge in [0.1, 0.15) is 12.6 Å². The van der Waals surface area contributed by atoms with Gasteiger partial charge in [-0.05, 0) is 37.3 Å². The molecule has 3 rings (SSSR count). The normalized spacial score (nSPS) is 14.4. The number of alkyl carbamates (subject to hydrolysis) is 1. The monoisotopic (exact) mass is 544 g/mol. The zero-order valence-corrected chi connectivity index (χ0v) is 20.6. The Kier molecular flexibility index (Phi) is 9.56. The number of ether oxygens (including phenoxy) is 2. The molecule has 1 aromatic carbocycles. The van der Waals surface area contributed by atoms with Crippen LogP contribution in [0.25, 0.3) is 0 Å². The van der Waals surface area contributed by atoms with Crippen molar-refractivity contribution in [2.75, 3.05) is 43.1 Å². The van der Waals surface area contributed by atoms with E-state index >= 15 is 0 Å². The molecule has 0 radical (unpaired) electrons. The summed E-state index contributed by atoms with van der Waals surface area (Å²) >= 11 is 6.85. The molecule has 1 fully saturated rings. The lowest BCUT2D eigenvalue weighted by molar-refractivity contribution is -0.125. The molecule has 1 aliphatic heterocycles. The van der Waals surface area contributed by atoms with Crippen LogP contribution in [-0.2, 0) is 19.1 Å². The highest BCUT2D eigenvalue weighted by molar-refractivity contribution is 7.18. The van der Waals surface area contributed by atoms with E-state index in [0.29, 0.717) is 4.34 Å². The number of morpholine rings is 1. The molecule has 1 aromatic heterocycles. The molecule has 0 aliphatic carbocycles. The van der Waals surface area contributed by atoms with Crippen LogP contribution in [0.15, 0.2) is 30.3 Å². The fraction of sp³-hybridized carbons (Fsp3) is 0.364. The van der Waals surface area contributed by atoms with Gasteiger partial charge in [0.25, 0.3) is 18.2 Å². The van der Waals surface area contributed by atoms with Gasteiger partial charge in [-0.25, -0.2) is 13.6 Å². The molecule has 2 heterocycles. The summed E-state index contributed by atoms with van der Waals surface area (Å²) in [5.41, 5.74) is -0.501. The third-order valence-corrected chi connectivity index (χ3v) is 6.20. The summed E-state index contributed by atoms with van der Waals surface area (Å²) in [5, 5.41) is 7.16. The first-order valence-electron chi connectivity index (χ1n) is 10.8. The lowest BCUT2D eigenvalue weighted by Gasteiger charge is -2.27. The molecule has 0 saturated carbocycles. The summed E-state index contributed by atoms with van der Waals surface area (Å²) in [5.74, 6) is -1.78. The fourth-order valence-corrected chi connectivity index (χ4v) is 4.23. The lowest BCUT2D eigenvalue weighted by atomic mass is 10.1. The van der Waals surface area contributed by atoms with Crippen LogP contribution in [0.2, 0.25) is 4.34 Å². The number of benzene rings is 1. The first-order valence-corrected chi connectivity index (χ1v) is 12.0. The average Bonchev–Trinajstić information content (AvgIpc) is 3.28. The Hall–Kier alpha value is -3.29. The van der Waals surface area contributed by atoms with Gasteiger partial charge in [0.15, 0.2) is 0 Å². The third-order valence-electron chi connectivity index (χ3n) is 4.97. The smallest absolute Gasteiger partial charge is 0.407 e. The number of thiophene rings is 1. The zero-order valence-electron chi connectivity index (χ0n) is 19.0. The largest absolute Gasteiger partial charge is 0.450 e. The minimum Gasteiger partial charge on any atom is -0.450 e. The molecule has 0 unspecified atom stereocenters. The van der Waals surface area contributed by atoms with Crippen molar-refractivity contribution < 1.29 is 37.4 Å². The van der Waals surface area contributed by atoms with Crippen molar-refractivity contribution in [2.45, 2.75) is 19.4 Å². The van der Waals surface area contributed by atoms with Gasteiger partial charge in [-0.1, -0.05) is 11.6 Å². The number of amides is 4. The van der Waals surface area contributed by atoms with E-state index < -0.39 is 35.9 Å². The predicted octanol–water partition coefficient (Wildman–Crippen LogP) is 3.19. The third kappa shape index (κ3) is 7.12. The second kappa shape index (κ2) is 12.6. The van der Waals surface area contributed by atoms with Crippen molar-refractivity contribution in [3.8, 4) is 0 Å². The summed E-state index contributed by atoms with van der Waals surface area (Å²) in [6.07, 6.45) is -3.91. The van der Waals surface area contributed by atoms with E-state index in [9.17, 15) is 28.0 Å². The molecule has 3 N–H and O–H groups in total. The Labute approximate surface area is 213 Å². The highest BCUT2D eigenvalue weighted by Gasteiger charge is 2.27. The second-order valence-corrected chi connectivity index (χ2v) is 9.11. The molecule has 1 saturated heterocycles. The molecule has 194 valence electrons. The number of carbonyl (C=O) groups is 4. The number of halogens is 3. The number of nitrogens with zero attached hydrogens (tertiary/aromatic N) is 1. The molecule has 36 heavy (non-hydrogen) atoms. The SMILES string of the molecule is CCOC(=O)N[C@H](CNC(=O)c1ccc(Cl)s1)C(=O)Nc1ccc(N2CCOCC2=O)cc1C(F)F. The van der Waals surface area contributed by atoms with Crippen molar-refractivity contribution in [3.05, 3.63) is 45.1 Å². The first-order chi connectivity index (χ1) is 17.2. The van der Waals surface area contributed by atoms with Crippen molar-refractivity contribution in [3.63, 3.8) is 0 Å². The molecule has 0 spiro atoms. The molecule has 1 aliphatic rings. The van der Waals surface area contributed by atoms with Crippen LogP contribution in [-0.4, -0.2) is 62.8 Å². The maximum Gasteiger partial charge on any atom is 0.407 e. The quantitative estimate of drug-likeness (QED) is 0.445. The Balaban J connectivity index is 1.77. The zero-order chi connectivity index (χ0) is 26.2. The highest BCUT2D eigenvalue weighted by Crippen LogP contribution is 2.32. The maximum atomic E-state index is 13.8. The van der Waals surface area contributed by atoms with E-state index in [4.69, 9.17) is 21.1 Å². The van der Waals surface area contributed by atoms with Crippen molar-refractivity contribution in [1.29, 1.82) is 0 Å². The fourth-order valence-electron chi connectivity index (χ4n) is 3.27. The molecular weight excluding hydrogens is 522 g/mol. The Morgan fingerprint density at radius 1 is 1.25 bits per heavy atom. The van der Waals surface area contributed by atoms with Crippen LogP contribution in [0.1, 0.15) is 28.6 Å². The van der Waals surface area contributed by atoms with Gasteiger partial charge in [0.2, 0.25) is 5.91 Å². The minimum absolute atomic E-state index is 0.0253. The van der Waals surface area contributed by atoms with E-state index in [-0.39, 0.29) is 55.1 Å². The summed E-state index contributed by atoms with van der Waals surface area (Å²) in [4.78, 5) is 50.9. The maximum absolute atomic E-state index is 13.8. The highest BCUT2D eigenvalue weighted by atomic mass is 35.5. The van der Waals surface area contributed by atoms with Gasteiger partial charge in [-0.2, -0.15) is 0 Å². The second-order valence-electron chi connectivity index (χ2n) is 7.39. The lowest BCUT2D eigenvalue weighted by Crippen LogP contribution is -2.50. The van der Waals surface area contributed by atoms with Crippen LogP contribution in [0, 0.1) is 0 Å². The number of hydrogen-bond acceptors (Lipinski definition) is 7. The number of rotatable bonds is 9. The van der Waals surface area contributed by atoms with Gasteiger partial charge in [-0.3, -0.25) is 14.4 Å². The summed E-state index contributed by atoms with van der Waals surface area (Å²) in [6.45, 7) is 1.54. The summed E-state index contributed by atoms with van der Waals surface area (Å²) in [6, 6.07) is 5.44. The molecule has 10 nitrogen and oxygen atoms in total. The van der Waals surface area contributed by atoms with Gasteiger partial charge < -0.3 is 30.3 Å². The van der Waals surface area contributed by atoms with Crippen molar-refractivity contribution >= 4 is 58.1 Å². The van der Waals surface area contributed by atoms with E-state index in [1.165, 1.54) is 29.2 Å². The van der Waals surface area contributed by atoms with Gasteiger partial charge in [0, 0.05) is 30.0 Å².